The second-order valence-corrected chi connectivity index (χ2v) is 5.27. The molecule has 26 heavy (non-hydrogen) atoms. The van der Waals surface area contributed by atoms with Crippen molar-refractivity contribution in [2.75, 3.05) is 33.4 Å². The third kappa shape index (κ3) is 5.13. The number of carbonyl (C=O) groups excluding carboxylic acids is 3. The minimum atomic E-state index is -0.569. The lowest BCUT2D eigenvalue weighted by molar-refractivity contribution is -0.146. The van der Waals surface area contributed by atoms with Gasteiger partial charge in [0, 0.05) is 0 Å². The van der Waals surface area contributed by atoms with Crippen molar-refractivity contribution in [3.63, 3.8) is 0 Å². The van der Waals surface area contributed by atoms with Crippen LogP contribution in [0.3, 0.4) is 0 Å². The molecule has 0 radical (unpaired) electrons. The topological polar surface area (TPSA) is 101 Å². The van der Waals surface area contributed by atoms with Crippen LogP contribution in [0.15, 0.2) is 40.5 Å². The Morgan fingerprint density at radius 1 is 1.19 bits per heavy atom. The van der Waals surface area contributed by atoms with Gasteiger partial charge in [-0.1, -0.05) is 30.3 Å². The van der Waals surface area contributed by atoms with Gasteiger partial charge in [0.1, 0.15) is 19.6 Å². The fourth-order valence-electron chi connectivity index (χ4n) is 2.25. The fourth-order valence-corrected chi connectivity index (χ4v) is 2.25. The van der Waals surface area contributed by atoms with E-state index < -0.39 is 11.9 Å². The summed E-state index contributed by atoms with van der Waals surface area (Å²) in [5, 5.41) is 8.00. The summed E-state index contributed by atoms with van der Waals surface area (Å²) in [6.07, 6.45) is 1.51. The molecule has 0 atom stereocenters. The predicted molar refractivity (Wildman–Crippen MR) is 93.4 cm³/mol. The van der Waals surface area contributed by atoms with Gasteiger partial charge < -0.3 is 14.4 Å². The SMILES string of the molecule is CCOC(=O)CN1C(=O)CN(CC(=O)OC)/C1=N/N=C/c1ccccc1. The summed E-state index contributed by atoms with van der Waals surface area (Å²) < 4.78 is 9.50. The number of nitrogens with zero attached hydrogens (tertiary/aromatic N) is 4. The van der Waals surface area contributed by atoms with Gasteiger partial charge in [-0.2, -0.15) is 5.10 Å². The number of hydrogen-bond acceptors (Lipinski definition) is 7. The highest BCUT2D eigenvalue weighted by molar-refractivity contribution is 6.07. The van der Waals surface area contributed by atoms with Crippen molar-refractivity contribution in [1.29, 1.82) is 0 Å². The van der Waals surface area contributed by atoms with E-state index in [9.17, 15) is 14.4 Å². The van der Waals surface area contributed by atoms with E-state index in [1.807, 2.05) is 30.3 Å². The van der Waals surface area contributed by atoms with Gasteiger partial charge in [-0.3, -0.25) is 19.3 Å². The van der Waals surface area contributed by atoms with Crippen LogP contribution in [-0.4, -0.2) is 73.2 Å². The zero-order chi connectivity index (χ0) is 18.9. The van der Waals surface area contributed by atoms with Crippen molar-refractivity contribution in [2.24, 2.45) is 10.2 Å². The molecule has 2 rings (SSSR count). The molecule has 9 heteroatoms. The zero-order valence-corrected chi connectivity index (χ0v) is 14.6. The minimum Gasteiger partial charge on any atom is -0.468 e. The summed E-state index contributed by atoms with van der Waals surface area (Å²) >= 11 is 0. The number of guanidine groups is 1. The third-order valence-corrected chi connectivity index (χ3v) is 3.45. The maximum Gasteiger partial charge on any atom is 0.326 e. The Kier molecular flexibility index (Phi) is 6.84. The Morgan fingerprint density at radius 2 is 1.92 bits per heavy atom. The quantitative estimate of drug-likeness (QED) is 0.393. The van der Waals surface area contributed by atoms with Crippen LogP contribution < -0.4 is 0 Å². The molecule has 0 aliphatic carbocycles. The van der Waals surface area contributed by atoms with E-state index >= 15 is 0 Å². The summed E-state index contributed by atoms with van der Waals surface area (Å²) in [5.74, 6) is -1.38. The number of carbonyl (C=O) groups is 3. The van der Waals surface area contributed by atoms with Gasteiger partial charge in [0.05, 0.1) is 19.9 Å². The van der Waals surface area contributed by atoms with E-state index in [-0.39, 0.29) is 38.1 Å². The summed E-state index contributed by atoms with van der Waals surface area (Å²) in [4.78, 5) is 38.1. The Labute approximate surface area is 150 Å². The largest absolute Gasteiger partial charge is 0.468 e. The molecule has 138 valence electrons. The molecule has 9 nitrogen and oxygen atoms in total. The minimum absolute atomic E-state index is 0.0978. The lowest BCUT2D eigenvalue weighted by atomic mass is 10.2. The average molecular weight is 360 g/mol. The molecular weight excluding hydrogens is 340 g/mol. The van der Waals surface area contributed by atoms with Crippen LogP contribution in [0.2, 0.25) is 0 Å². The highest BCUT2D eigenvalue weighted by Crippen LogP contribution is 2.11. The average Bonchev–Trinajstić information content (AvgIpc) is 2.91. The van der Waals surface area contributed by atoms with Crippen molar-refractivity contribution in [1.82, 2.24) is 9.80 Å². The lowest BCUT2D eigenvalue weighted by Crippen LogP contribution is -2.40. The molecule has 0 bridgehead atoms. The van der Waals surface area contributed by atoms with E-state index in [1.54, 1.807) is 6.92 Å². The number of rotatable bonds is 7. The first-order chi connectivity index (χ1) is 12.5. The zero-order valence-electron chi connectivity index (χ0n) is 14.6. The molecule has 0 unspecified atom stereocenters. The van der Waals surface area contributed by atoms with Crippen molar-refractivity contribution >= 4 is 30.0 Å². The molecule has 1 aliphatic rings. The number of amides is 1. The van der Waals surface area contributed by atoms with Crippen LogP contribution in [-0.2, 0) is 23.9 Å². The molecule has 0 spiro atoms. The van der Waals surface area contributed by atoms with E-state index in [2.05, 4.69) is 14.9 Å². The molecule has 1 fully saturated rings. The highest BCUT2D eigenvalue weighted by atomic mass is 16.5. The Hall–Kier alpha value is -3.23. The van der Waals surface area contributed by atoms with Crippen LogP contribution in [0.4, 0.5) is 0 Å². The van der Waals surface area contributed by atoms with Crippen molar-refractivity contribution < 1.29 is 23.9 Å². The first-order valence-corrected chi connectivity index (χ1v) is 7.99. The van der Waals surface area contributed by atoms with E-state index in [1.165, 1.54) is 18.2 Å². The molecule has 1 aromatic carbocycles. The fraction of sp³-hybridized carbons (Fsp3) is 0.353. The van der Waals surface area contributed by atoms with Crippen molar-refractivity contribution in [3.8, 4) is 0 Å². The van der Waals surface area contributed by atoms with E-state index in [0.717, 1.165) is 10.5 Å². The van der Waals surface area contributed by atoms with Crippen LogP contribution in [0, 0.1) is 0 Å². The highest BCUT2D eigenvalue weighted by Gasteiger charge is 2.37. The Balaban J connectivity index is 2.22. The molecule has 0 N–H and O–H groups in total. The summed E-state index contributed by atoms with van der Waals surface area (Å²) in [5.41, 5.74) is 0.817. The van der Waals surface area contributed by atoms with Crippen molar-refractivity contribution in [3.05, 3.63) is 35.9 Å². The van der Waals surface area contributed by atoms with Crippen LogP contribution >= 0.6 is 0 Å². The van der Waals surface area contributed by atoms with Crippen LogP contribution in [0.1, 0.15) is 12.5 Å². The van der Waals surface area contributed by atoms with E-state index in [0.29, 0.717) is 0 Å². The first kappa shape index (κ1) is 19.1. The summed E-state index contributed by atoms with van der Waals surface area (Å²) in [6.45, 7) is 1.29. The maximum atomic E-state index is 12.2. The van der Waals surface area contributed by atoms with E-state index in [4.69, 9.17) is 4.74 Å². The van der Waals surface area contributed by atoms with Gasteiger partial charge in [0.25, 0.3) is 0 Å². The number of ether oxygens (including phenoxy) is 2. The number of benzene rings is 1. The standard InChI is InChI=1S/C17H20N4O5/c1-3-26-16(24)12-21-14(22)10-20(11-15(23)25-2)17(21)19-18-9-13-7-5-4-6-8-13/h4-9H,3,10-12H2,1-2H3/b18-9+,19-17-. The number of esters is 2. The summed E-state index contributed by atoms with van der Waals surface area (Å²) in [6, 6.07) is 9.25. The van der Waals surface area contributed by atoms with Gasteiger partial charge >= 0.3 is 11.9 Å². The molecule has 1 aromatic rings. The smallest absolute Gasteiger partial charge is 0.326 e. The van der Waals surface area contributed by atoms with Gasteiger partial charge in [-0.25, -0.2) is 0 Å². The van der Waals surface area contributed by atoms with Crippen molar-refractivity contribution in [2.45, 2.75) is 6.92 Å². The van der Waals surface area contributed by atoms with Crippen LogP contribution in [0.25, 0.3) is 0 Å². The molecule has 0 aromatic heterocycles. The Morgan fingerprint density at radius 3 is 2.58 bits per heavy atom. The maximum absolute atomic E-state index is 12.2. The van der Waals surface area contributed by atoms with Gasteiger partial charge in [-0.15, -0.1) is 5.10 Å². The normalized spacial score (nSPS) is 15.8. The molecule has 0 saturated carbocycles. The van der Waals surface area contributed by atoms with Gasteiger partial charge in [0.15, 0.2) is 0 Å². The molecular formula is C17H20N4O5. The Bertz CT molecular complexity index is 717. The number of hydrogen-bond donors (Lipinski definition) is 0. The molecule has 1 amide bonds. The molecule has 1 aliphatic heterocycles. The van der Waals surface area contributed by atoms with Crippen LogP contribution in [0.5, 0.6) is 0 Å². The van der Waals surface area contributed by atoms with Gasteiger partial charge in [0.2, 0.25) is 11.9 Å². The summed E-state index contributed by atoms with van der Waals surface area (Å²) in [7, 11) is 1.25. The molecule has 1 heterocycles. The van der Waals surface area contributed by atoms with Gasteiger partial charge in [-0.05, 0) is 12.5 Å². The lowest BCUT2D eigenvalue weighted by Gasteiger charge is -2.19. The second kappa shape index (κ2) is 9.30. The second-order valence-electron chi connectivity index (χ2n) is 5.27. The number of methoxy groups -OCH3 is 1. The monoisotopic (exact) mass is 360 g/mol. The predicted octanol–water partition coefficient (Wildman–Crippen LogP) is 0.257. The third-order valence-electron chi connectivity index (χ3n) is 3.45. The molecule has 1 saturated heterocycles. The first-order valence-electron chi connectivity index (χ1n) is 7.99.